The molecule has 2 unspecified atom stereocenters. The van der Waals surface area contributed by atoms with Crippen LogP contribution in [0.15, 0.2) is 12.7 Å². The van der Waals surface area contributed by atoms with Gasteiger partial charge in [-0.2, -0.15) is 0 Å². The van der Waals surface area contributed by atoms with E-state index in [1.807, 2.05) is 0 Å². The topological polar surface area (TPSA) is 12.0 Å². The van der Waals surface area contributed by atoms with Crippen molar-refractivity contribution in [3.05, 3.63) is 12.7 Å². The van der Waals surface area contributed by atoms with E-state index >= 15 is 0 Å². The molecule has 0 radical (unpaired) electrons. The van der Waals surface area contributed by atoms with Crippen molar-refractivity contribution >= 4 is 0 Å². The molecule has 1 aliphatic rings. The predicted octanol–water partition coefficient (Wildman–Crippen LogP) is 4.00. The molecule has 0 aliphatic carbocycles. The molecule has 1 rings (SSSR count). The Morgan fingerprint density at radius 2 is 1.31 bits per heavy atom. The first kappa shape index (κ1) is 13.8. The summed E-state index contributed by atoms with van der Waals surface area (Å²) in [5.74, 6) is 0.676. The maximum Gasteiger partial charge on any atom is 0.0124 e. The molecule has 2 atom stereocenters. The third-order valence-electron chi connectivity index (χ3n) is 3.90. The molecule has 94 valence electrons. The Hall–Kier alpha value is -0.300. The van der Waals surface area contributed by atoms with E-state index in [2.05, 4.69) is 59.5 Å². The lowest BCUT2D eigenvalue weighted by molar-refractivity contribution is 0.112. The van der Waals surface area contributed by atoms with E-state index in [1.165, 1.54) is 12.8 Å². The van der Waals surface area contributed by atoms with Crippen LogP contribution < -0.4 is 5.32 Å². The standard InChI is InChI=1S/C15H29N/c1-8-11-9-12(14(2,3)4)16-13(10-11)15(5,6)7/h8,11-13,16H,1,9-10H2,2-7H3. The zero-order valence-electron chi connectivity index (χ0n) is 11.9. The van der Waals surface area contributed by atoms with Gasteiger partial charge in [0.2, 0.25) is 0 Å². The molecule has 0 spiro atoms. The van der Waals surface area contributed by atoms with Gasteiger partial charge in [0.1, 0.15) is 0 Å². The van der Waals surface area contributed by atoms with E-state index in [9.17, 15) is 0 Å². The third kappa shape index (κ3) is 3.35. The Labute approximate surface area is 102 Å². The summed E-state index contributed by atoms with van der Waals surface area (Å²) < 4.78 is 0. The molecule has 0 aromatic carbocycles. The summed E-state index contributed by atoms with van der Waals surface area (Å²) in [6, 6.07) is 1.21. The smallest absolute Gasteiger partial charge is 0.0124 e. The van der Waals surface area contributed by atoms with E-state index in [4.69, 9.17) is 0 Å². The molecule has 0 aromatic rings. The highest BCUT2D eigenvalue weighted by atomic mass is 15.0. The second kappa shape index (κ2) is 4.52. The maximum absolute atomic E-state index is 3.99. The van der Waals surface area contributed by atoms with Crippen LogP contribution in [0.25, 0.3) is 0 Å². The van der Waals surface area contributed by atoms with Gasteiger partial charge in [-0.25, -0.2) is 0 Å². The Morgan fingerprint density at radius 3 is 1.56 bits per heavy atom. The molecule has 16 heavy (non-hydrogen) atoms. The normalized spacial score (nSPS) is 32.5. The average Bonchev–Trinajstić information content (AvgIpc) is 2.14. The van der Waals surface area contributed by atoms with Crippen LogP contribution in [-0.4, -0.2) is 12.1 Å². The van der Waals surface area contributed by atoms with Gasteiger partial charge in [0.05, 0.1) is 0 Å². The van der Waals surface area contributed by atoms with Gasteiger partial charge in [0.15, 0.2) is 0 Å². The number of rotatable bonds is 1. The fourth-order valence-corrected chi connectivity index (χ4v) is 2.48. The molecule has 1 N–H and O–H groups in total. The summed E-state index contributed by atoms with van der Waals surface area (Å²) in [6.45, 7) is 18.0. The molecule has 1 fully saturated rings. The number of hydrogen-bond acceptors (Lipinski definition) is 1. The molecule has 1 saturated heterocycles. The van der Waals surface area contributed by atoms with Gasteiger partial charge >= 0.3 is 0 Å². The van der Waals surface area contributed by atoms with Gasteiger partial charge in [-0.15, -0.1) is 6.58 Å². The van der Waals surface area contributed by atoms with Crippen molar-refractivity contribution in [2.45, 2.75) is 66.5 Å². The van der Waals surface area contributed by atoms with E-state index < -0.39 is 0 Å². The highest BCUT2D eigenvalue weighted by Gasteiger charge is 2.37. The molecule has 0 aromatic heterocycles. The molecular weight excluding hydrogens is 194 g/mol. The number of allylic oxidation sites excluding steroid dienone is 1. The van der Waals surface area contributed by atoms with Gasteiger partial charge in [-0.1, -0.05) is 47.6 Å². The largest absolute Gasteiger partial charge is 0.310 e. The Bertz CT molecular complexity index is 219. The zero-order chi connectivity index (χ0) is 12.6. The van der Waals surface area contributed by atoms with Crippen molar-refractivity contribution in [2.24, 2.45) is 16.7 Å². The van der Waals surface area contributed by atoms with Gasteiger partial charge in [0, 0.05) is 12.1 Å². The Morgan fingerprint density at radius 1 is 0.938 bits per heavy atom. The number of hydrogen-bond donors (Lipinski definition) is 1. The monoisotopic (exact) mass is 223 g/mol. The van der Waals surface area contributed by atoms with Gasteiger partial charge in [-0.05, 0) is 29.6 Å². The highest BCUT2D eigenvalue weighted by Crippen LogP contribution is 2.36. The van der Waals surface area contributed by atoms with E-state index in [1.54, 1.807) is 0 Å². The average molecular weight is 223 g/mol. The van der Waals surface area contributed by atoms with Crippen molar-refractivity contribution in [3.63, 3.8) is 0 Å². The quantitative estimate of drug-likeness (QED) is 0.663. The first-order valence-corrected chi connectivity index (χ1v) is 6.53. The first-order chi connectivity index (χ1) is 7.14. The van der Waals surface area contributed by atoms with Crippen molar-refractivity contribution in [1.29, 1.82) is 0 Å². The summed E-state index contributed by atoms with van der Waals surface area (Å²) in [5, 5.41) is 3.85. The molecule has 1 aliphatic heterocycles. The van der Waals surface area contributed by atoms with Crippen LogP contribution in [-0.2, 0) is 0 Å². The minimum absolute atomic E-state index is 0.338. The van der Waals surface area contributed by atoms with Gasteiger partial charge < -0.3 is 5.32 Å². The summed E-state index contributed by atoms with van der Waals surface area (Å²) in [7, 11) is 0. The molecule has 0 bridgehead atoms. The lowest BCUT2D eigenvalue weighted by Gasteiger charge is -2.46. The maximum atomic E-state index is 3.99. The zero-order valence-corrected chi connectivity index (χ0v) is 11.9. The fourth-order valence-electron chi connectivity index (χ4n) is 2.48. The van der Waals surface area contributed by atoms with Crippen molar-refractivity contribution in [1.82, 2.24) is 5.32 Å². The SMILES string of the molecule is C=CC1CC(C(C)(C)C)NC(C(C)(C)C)C1. The van der Waals surface area contributed by atoms with E-state index in [0.717, 1.165) is 0 Å². The lowest BCUT2D eigenvalue weighted by atomic mass is 9.71. The van der Waals surface area contributed by atoms with Crippen LogP contribution >= 0.6 is 0 Å². The van der Waals surface area contributed by atoms with Crippen molar-refractivity contribution in [2.75, 3.05) is 0 Å². The summed E-state index contributed by atoms with van der Waals surface area (Å²) in [5.41, 5.74) is 0.677. The minimum atomic E-state index is 0.338. The van der Waals surface area contributed by atoms with Gasteiger partial charge in [-0.3, -0.25) is 0 Å². The molecule has 1 nitrogen and oxygen atoms in total. The second-order valence-corrected chi connectivity index (χ2v) is 7.47. The summed E-state index contributed by atoms with van der Waals surface area (Å²) >= 11 is 0. The van der Waals surface area contributed by atoms with Crippen LogP contribution in [0.2, 0.25) is 0 Å². The Kier molecular flexibility index (Phi) is 3.89. The fraction of sp³-hybridized carbons (Fsp3) is 0.867. The van der Waals surface area contributed by atoms with Crippen LogP contribution in [0, 0.1) is 16.7 Å². The first-order valence-electron chi connectivity index (χ1n) is 6.53. The van der Waals surface area contributed by atoms with E-state index in [0.29, 0.717) is 28.8 Å². The Balaban J connectivity index is 2.81. The third-order valence-corrected chi connectivity index (χ3v) is 3.90. The molecular formula is C15H29N. The molecule has 1 heterocycles. The molecule has 0 amide bonds. The van der Waals surface area contributed by atoms with Crippen LogP contribution in [0.4, 0.5) is 0 Å². The summed E-state index contributed by atoms with van der Waals surface area (Å²) in [6.07, 6.45) is 4.62. The molecule has 1 heteroatoms. The second-order valence-electron chi connectivity index (χ2n) is 7.47. The van der Waals surface area contributed by atoms with Gasteiger partial charge in [0.25, 0.3) is 0 Å². The van der Waals surface area contributed by atoms with Crippen LogP contribution in [0.5, 0.6) is 0 Å². The highest BCUT2D eigenvalue weighted by molar-refractivity contribution is 4.99. The molecule has 0 saturated carbocycles. The minimum Gasteiger partial charge on any atom is -0.310 e. The van der Waals surface area contributed by atoms with Crippen LogP contribution in [0.3, 0.4) is 0 Å². The van der Waals surface area contributed by atoms with Crippen molar-refractivity contribution < 1.29 is 0 Å². The lowest BCUT2D eigenvalue weighted by Crippen LogP contribution is -2.55. The summed E-state index contributed by atoms with van der Waals surface area (Å²) in [4.78, 5) is 0. The van der Waals surface area contributed by atoms with E-state index in [-0.39, 0.29) is 0 Å². The van der Waals surface area contributed by atoms with Crippen molar-refractivity contribution in [3.8, 4) is 0 Å². The van der Waals surface area contributed by atoms with Crippen LogP contribution in [0.1, 0.15) is 54.4 Å². The predicted molar refractivity (Wildman–Crippen MR) is 72.5 cm³/mol. The number of nitrogens with one attached hydrogen (secondary N) is 1. The number of piperidine rings is 1.